The molecule has 0 bridgehead atoms. The lowest BCUT2D eigenvalue weighted by Gasteiger charge is -2.21. The van der Waals surface area contributed by atoms with Gasteiger partial charge in [-0.25, -0.2) is 4.99 Å². The number of hydrogen-bond donors (Lipinski definition) is 0. The van der Waals surface area contributed by atoms with Crippen LogP contribution >= 0.6 is 0 Å². The Hall–Kier alpha value is -3.80. The molecule has 0 saturated carbocycles. The Morgan fingerprint density at radius 2 is 1.59 bits per heavy atom. The van der Waals surface area contributed by atoms with Crippen molar-refractivity contribution in [2.45, 2.75) is 27.7 Å². The highest BCUT2D eigenvalue weighted by molar-refractivity contribution is 6.48. The Balaban J connectivity index is 1.51. The summed E-state index contributed by atoms with van der Waals surface area (Å²) in [7, 11) is 0. The molecule has 0 saturated heterocycles. The molecule has 1 aliphatic heterocycles. The summed E-state index contributed by atoms with van der Waals surface area (Å²) in [6, 6.07) is 21.1. The summed E-state index contributed by atoms with van der Waals surface area (Å²) in [5.41, 5.74) is 5.89. The van der Waals surface area contributed by atoms with Gasteiger partial charge in [-0.05, 0) is 68.8 Å². The summed E-state index contributed by atoms with van der Waals surface area (Å²) in [5.74, 6) is 1.41. The van der Waals surface area contributed by atoms with Crippen molar-refractivity contribution < 1.29 is 0 Å². The van der Waals surface area contributed by atoms with Gasteiger partial charge in [-0.2, -0.15) is 9.78 Å². The molecule has 6 heteroatoms. The van der Waals surface area contributed by atoms with Crippen molar-refractivity contribution in [1.29, 1.82) is 0 Å². The smallest absolute Gasteiger partial charge is 0.205 e. The number of benzene rings is 3. The first-order chi connectivity index (χ1) is 15.6. The van der Waals surface area contributed by atoms with E-state index in [1.807, 2.05) is 19.1 Å². The van der Waals surface area contributed by atoms with Gasteiger partial charge >= 0.3 is 0 Å². The number of aromatic nitrogens is 3. The van der Waals surface area contributed by atoms with E-state index in [4.69, 9.17) is 4.99 Å². The van der Waals surface area contributed by atoms with Crippen LogP contribution in [-0.4, -0.2) is 39.4 Å². The molecule has 0 fully saturated rings. The van der Waals surface area contributed by atoms with Crippen LogP contribution in [0.25, 0.3) is 22.2 Å². The predicted molar refractivity (Wildman–Crippen MR) is 132 cm³/mol. The third-order valence-corrected chi connectivity index (χ3v) is 5.90. The second-order valence-corrected chi connectivity index (χ2v) is 8.06. The molecular weight excluding hydrogens is 396 g/mol. The highest BCUT2D eigenvalue weighted by Crippen LogP contribution is 2.28. The highest BCUT2D eigenvalue weighted by Gasteiger charge is 2.26. The van der Waals surface area contributed by atoms with E-state index >= 15 is 0 Å². The van der Waals surface area contributed by atoms with Crippen LogP contribution in [0.15, 0.2) is 70.8 Å². The van der Waals surface area contributed by atoms with Gasteiger partial charge in [0.25, 0.3) is 0 Å². The number of hydrogen-bond acceptors (Lipinski definition) is 5. The second-order valence-electron chi connectivity index (χ2n) is 8.06. The van der Waals surface area contributed by atoms with Gasteiger partial charge in [0.15, 0.2) is 5.82 Å². The summed E-state index contributed by atoms with van der Waals surface area (Å²) < 4.78 is 1.79. The number of aliphatic imine (C=N–C) groups is 1. The summed E-state index contributed by atoms with van der Waals surface area (Å²) in [4.78, 5) is 7.25. The van der Waals surface area contributed by atoms with Crippen LogP contribution in [0.4, 0.5) is 11.4 Å². The van der Waals surface area contributed by atoms with Crippen LogP contribution in [0.3, 0.4) is 0 Å². The van der Waals surface area contributed by atoms with E-state index in [1.165, 1.54) is 16.6 Å². The minimum Gasteiger partial charge on any atom is -0.372 e. The van der Waals surface area contributed by atoms with Crippen LogP contribution in [-0.2, 0) is 0 Å². The van der Waals surface area contributed by atoms with Crippen molar-refractivity contribution >= 4 is 33.6 Å². The van der Waals surface area contributed by atoms with Gasteiger partial charge in [-0.1, -0.05) is 35.9 Å². The van der Waals surface area contributed by atoms with Crippen molar-refractivity contribution in [3.63, 3.8) is 0 Å². The van der Waals surface area contributed by atoms with Crippen molar-refractivity contribution in [2.24, 2.45) is 10.1 Å². The van der Waals surface area contributed by atoms with Gasteiger partial charge in [0.05, 0.1) is 11.4 Å². The Morgan fingerprint density at radius 3 is 2.38 bits per heavy atom. The zero-order valence-electron chi connectivity index (χ0n) is 18.9. The van der Waals surface area contributed by atoms with Gasteiger partial charge in [0.2, 0.25) is 5.82 Å². The molecular formula is C26H26N6. The fraction of sp³-hybridized carbons (Fsp3) is 0.231. The summed E-state index contributed by atoms with van der Waals surface area (Å²) in [6.45, 7) is 10.4. The molecule has 160 valence electrons. The zero-order valence-corrected chi connectivity index (χ0v) is 18.9. The fourth-order valence-electron chi connectivity index (χ4n) is 4.18. The molecule has 1 aliphatic rings. The van der Waals surface area contributed by atoms with Crippen LogP contribution in [0.5, 0.6) is 0 Å². The monoisotopic (exact) mass is 422 g/mol. The molecule has 0 unspecified atom stereocenters. The molecule has 0 radical (unpaired) electrons. The predicted octanol–water partition coefficient (Wildman–Crippen LogP) is 5.61. The van der Waals surface area contributed by atoms with Crippen molar-refractivity contribution in [2.75, 3.05) is 18.0 Å². The highest BCUT2D eigenvalue weighted by atomic mass is 15.5. The van der Waals surface area contributed by atoms with E-state index in [1.54, 1.807) is 4.68 Å². The lowest BCUT2D eigenvalue weighted by Crippen LogP contribution is -2.21. The lowest BCUT2D eigenvalue weighted by atomic mass is 10.1. The van der Waals surface area contributed by atoms with Crippen LogP contribution in [0.2, 0.25) is 0 Å². The first-order valence-corrected chi connectivity index (χ1v) is 11.0. The third kappa shape index (κ3) is 3.47. The number of rotatable bonds is 5. The maximum atomic E-state index is 4.90. The second kappa shape index (κ2) is 8.04. The van der Waals surface area contributed by atoms with Crippen LogP contribution < -0.4 is 4.90 Å². The van der Waals surface area contributed by atoms with Gasteiger partial charge in [-0.3, -0.25) is 0 Å². The average molecular weight is 423 g/mol. The lowest BCUT2D eigenvalue weighted by molar-refractivity contribution is 0.867. The number of aryl methyl sites for hydroxylation is 1. The Labute approximate surface area is 187 Å². The molecule has 32 heavy (non-hydrogen) atoms. The first-order valence-electron chi connectivity index (χ1n) is 11.0. The number of nitrogens with zero attached hydrogens (tertiary/aromatic N) is 6. The summed E-state index contributed by atoms with van der Waals surface area (Å²) in [5, 5.41) is 15.8. The normalized spacial score (nSPS) is 14.1. The van der Waals surface area contributed by atoms with E-state index in [0.717, 1.165) is 47.0 Å². The molecule has 0 N–H and O–H groups in total. The minimum absolute atomic E-state index is 0.677. The van der Waals surface area contributed by atoms with Crippen molar-refractivity contribution in [3.05, 3.63) is 72.1 Å². The van der Waals surface area contributed by atoms with Crippen LogP contribution in [0, 0.1) is 6.92 Å². The molecule has 0 spiro atoms. The molecule has 0 amide bonds. The maximum Gasteiger partial charge on any atom is 0.205 e. The van der Waals surface area contributed by atoms with E-state index in [-0.39, 0.29) is 0 Å². The van der Waals surface area contributed by atoms with E-state index < -0.39 is 0 Å². The quantitative estimate of drug-likeness (QED) is 0.420. The molecule has 0 aliphatic carbocycles. The molecule has 2 heterocycles. The van der Waals surface area contributed by atoms with E-state index in [0.29, 0.717) is 5.82 Å². The summed E-state index contributed by atoms with van der Waals surface area (Å²) >= 11 is 0. The molecule has 0 atom stereocenters. The van der Waals surface area contributed by atoms with Crippen LogP contribution in [0.1, 0.15) is 32.2 Å². The van der Waals surface area contributed by atoms with Gasteiger partial charge in [-0.15, -0.1) is 10.2 Å². The largest absolute Gasteiger partial charge is 0.372 e. The molecule has 3 aromatic carbocycles. The fourth-order valence-corrected chi connectivity index (χ4v) is 4.18. The maximum absolute atomic E-state index is 4.90. The molecule has 4 aromatic rings. The average Bonchev–Trinajstić information content (AvgIpc) is 3.34. The van der Waals surface area contributed by atoms with E-state index in [9.17, 15) is 0 Å². The molecule has 5 rings (SSSR count). The van der Waals surface area contributed by atoms with Crippen molar-refractivity contribution in [1.82, 2.24) is 14.9 Å². The Kier molecular flexibility index (Phi) is 5.05. The third-order valence-electron chi connectivity index (χ3n) is 5.90. The minimum atomic E-state index is 0.677. The Bertz CT molecular complexity index is 1370. The zero-order chi connectivity index (χ0) is 22.2. The Morgan fingerprint density at radius 1 is 0.844 bits per heavy atom. The number of anilines is 1. The van der Waals surface area contributed by atoms with Gasteiger partial charge in [0, 0.05) is 24.3 Å². The van der Waals surface area contributed by atoms with E-state index in [2.05, 4.69) is 89.5 Å². The first kappa shape index (κ1) is 20.1. The molecule has 6 nitrogen and oxygen atoms in total. The topological polar surface area (TPSA) is 58.7 Å². The SMILES string of the molecule is CCN(CC)c1ccc2cc(N=C3C(C)=Nn4c3nnc4-c3cccc(C)c3)ccc2c1. The standard InChI is InChI=1S/C26H26N6/c1-5-31(6-2)23-13-11-19-15-22(12-10-20(19)16-23)27-24-18(4)30-32-25(28-29-26(24)32)21-9-7-8-17(3)14-21/h7-16H,5-6H2,1-4H3. The van der Waals surface area contributed by atoms with Gasteiger partial charge in [0.1, 0.15) is 5.71 Å². The number of fused-ring (bicyclic) bond motifs is 2. The molecule has 1 aromatic heterocycles. The summed E-state index contributed by atoms with van der Waals surface area (Å²) in [6.07, 6.45) is 0. The van der Waals surface area contributed by atoms with Crippen molar-refractivity contribution in [3.8, 4) is 11.4 Å². The van der Waals surface area contributed by atoms with Gasteiger partial charge < -0.3 is 4.90 Å².